The SMILES string of the molecule is O=C(CNCC1CCCC1CO)N1CCCCC1. The van der Waals surface area contributed by atoms with Gasteiger partial charge in [0.2, 0.25) is 5.91 Å². The molecule has 1 saturated heterocycles. The van der Waals surface area contributed by atoms with Gasteiger partial charge in [-0.3, -0.25) is 4.79 Å². The topological polar surface area (TPSA) is 52.6 Å². The Bertz CT molecular complexity index is 265. The van der Waals surface area contributed by atoms with Crippen LogP contribution in [0.1, 0.15) is 38.5 Å². The smallest absolute Gasteiger partial charge is 0.236 e. The zero-order valence-corrected chi connectivity index (χ0v) is 11.2. The van der Waals surface area contributed by atoms with E-state index in [1.165, 1.54) is 19.3 Å². The quantitative estimate of drug-likeness (QED) is 0.769. The van der Waals surface area contributed by atoms with Crippen molar-refractivity contribution in [1.29, 1.82) is 0 Å². The molecule has 0 radical (unpaired) electrons. The number of rotatable bonds is 5. The number of carbonyl (C=O) groups is 1. The molecule has 2 fully saturated rings. The van der Waals surface area contributed by atoms with Crippen molar-refractivity contribution in [2.24, 2.45) is 11.8 Å². The van der Waals surface area contributed by atoms with Crippen molar-refractivity contribution in [2.75, 3.05) is 32.8 Å². The highest BCUT2D eigenvalue weighted by Crippen LogP contribution is 2.30. The molecule has 0 bridgehead atoms. The average molecular weight is 254 g/mol. The van der Waals surface area contributed by atoms with Crippen LogP contribution in [-0.2, 0) is 4.79 Å². The second-order valence-corrected chi connectivity index (χ2v) is 5.71. The van der Waals surface area contributed by atoms with Crippen molar-refractivity contribution >= 4 is 5.91 Å². The van der Waals surface area contributed by atoms with Gasteiger partial charge in [-0.05, 0) is 50.5 Å². The van der Waals surface area contributed by atoms with E-state index in [1.54, 1.807) is 0 Å². The van der Waals surface area contributed by atoms with Crippen LogP contribution in [-0.4, -0.2) is 48.7 Å². The fourth-order valence-electron chi connectivity index (χ4n) is 3.24. The van der Waals surface area contributed by atoms with Crippen LogP contribution in [0.25, 0.3) is 0 Å². The summed E-state index contributed by atoms with van der Waals surface area (Å²) in [7, 11) is 0. The van der Waals surface area contributed by atoms with Crippen LogP contribution in [0, 0.1) is 11.8 Å². The fraction of sp³-hybridized carbons (Fsp3) is 0.929. The highest BCUT2D eigenvalue weighted by atomic mass is 16.3. The molecule has 2 atom stereocenters. The Morgan fingerprint density at radius 1 is 1.11 bits per heavy atom. The van der Waals surface area contributed by atoms with E-state index in [1.807, 2.05) is 4.90 Å². The van der Waals surface area contributed by atoms with Gasteiger partial charge in [0, 0.05) is 19.7 Å². The molecule has 0 spiro atoms. The Kier molecular flexibility index (Phi) is 5.45. The summed E-state index contributed by atoms with van der Waals surface area (Å²) in [5.41, 5.74) is 0. The molecule has 1 heterocycles. The maximum atomic E-state index is 11.9. The minimum absolute atomic E-state index is 0.244. The van der Waals surface area contributed by atoms with Gasteiger partial charge in [0.05, 0.1) is 6.54 Å². The first kappa shape index (κ1) is 13.8. The number of piperidine rings is 1. The third kappa shape index (κ3) is 3.69. The predicted molar refractivity (Wildman–Crippen MR) is 71.2 cm³/mol. The lowest BCUT2D eigenvalue weighted by atomic mass is 9.97. The number of hydrogen-bond acceptors (Lipinski definition) is 3. The number of nitrogens with zero attached hydrogens (tertiary/aromatic N) is 1. The predicted octanol–water partition coefficient (Wildman–Crippen LogP) is 0.997. The minimum atomic E-state index is 0.244. The number of nitrogens with one attached hydrogen (secondary N) is 1. The van der Waals surface area contributed by atoms with Crippen molar-refractivity contribution in [2.45, 2.75) is 38.5 Å². The number of amides is 1. The molecule has 4 nitrogen and oxygen atoms in total. The Labute approximate surface area is 110 Å². The van der Waals surface area contributed by atoms with Crippen LogP contribution in [0.2, 0.25) is 0 Å². The monoisotopic (exact) mass is 254 g/mol. The van der Waals surface area contributed by atoms with Crippen molar-refractivity contribution in [3.8, 4) is 0 Å². The molecule has 2 rings (SSSR count). The highest BCUT2D eigenvalue weighted by molar-refractivity contribution is 5.78. The van der Waals surface area contributed by atoms with Gasteiger partial charge >= 0.3 is 0 Å². The largest absolute Gasteiger partial charge is 0.396 e. The standard InChI is InChI=1S/C14H26N2O2/c17-11-13-6-4-5-12(13)9-15-10-14(18)16-7-2-1-3-8-16/h12-13,15,17H,1-11H2. The number of carbonyl (C=O) groups excluding carboxylic acids is 1. The van der Waals surface area contributed by atoms with Crippen LogP contribution in [0.5, 0.6) is 0 Å². The van der Waals surface area contributed by atoms with Gasteiger partial charge in [-0.25, -0.2) is 0 Å². The summed E-state index contributed by atoms with van der Waals surface area (Å²) in [6.07, 6.45) is 7.12. The molecule has 104 valence electrons. The molecule has 2 unspecified atom stereocenters. The van der Waals surface area contributed by atoms with E-state index in [2.05, 4.69) is 5.32 Å². The Hall–Kier alpha value is -0.610. The first-order valence-electron chi connectivity index (χ1n) is 7.40. The molecule has 1 aliphatic carbocycles. The number of likely N-dealkylation sites (tertiary alicyclic amines) is 1. The van der Waals surface area contributed by atoms with Crippen LogP contribution in [0.4, 0.5) is 0 Å². The van der Waals surface area contributed by atoms with Gasteiger partial charge < -0.3 is 15.3 Å². The molecule has 1 saturated carbocycles. The van der Waals surface area contributed by atoms with Gasteiger partial charge in [-0.2, -0.15) is 0 Å². The Morgan fingerprint density at radius 3 is 2.56 bits per heavy atom. The van der Waals surface area contributed by atoms with Crippen molar-refractivity contribution in [1.82, 2.24) is 10.2 Å². The zero-order chi connectivity index (χ0) is 12.8. The van der Waals surface area contributed by atoms with Crippen LogP contribution in [0.15, 0.2) is 0 Å². The molecule has 2 aliphatic rings. The van der Waals surface area contributed by atoms with E-state index in [4.69, 9.17) is 0 Å². The summed E-state index contributed by atoms with van der Waals surface area (Å²) in [5.74, 6) is 1.25. The minimum Gasteiger partial charge on any atom is -0.396 e. The van der Waals surface area contributed by atoms with Gasteiger partial charge in [-0.1, -0.05) is 6.42 Å². The summed E-state index contributed by atoms with van der Waals surface area (Å²) < 4.78 is 0. The fourth-order valence-corrected chi connectivity index (χ4v) is 3.24. The molecular formula is C14H26N2O2. The highest BCUT2D eigenvalue weighted by Gasteiger charge is 2.26. The number of aliphatic hydroxyl groups excluding tert-OH is 1. The van der Waals surface area contributed by atoms with Gasteiger partial charge in [0.1, 0.15) is 0 Å². The van der Waals surface area contributed by atoms with Crippen LogP contribution >= 0.6 is 0 Å². The van der Waals surface area contributed by atoms with Gasteiger partial charge in [-0.15, -0.1) is 0 Å². The third-order valence-electron chi connectivity index (χ3n) is 4.44. The van der Waals surface area contributed by atoms with E-state index in [9.17, 15) is 9.90 Å². The first-order valence-corrected chi connectivity index (χ1v) is 7.40. The summed E-state index contributed by atoms with van der Waals surface area (Å²) in [6.45, 7) is 3.51. The molecule has 0 aromatic carbocycles. The van der Waals surface area contributed by atoms with Crippen LogP contribution in [0.3, 0.4) is 0 Å². The Morgan fingerprint density at radius 2 is 1.83 bits per heavy atom. The normalized spacial score (nSPS) is 28.6. The van der Waals surface area contributed by atoms with E-state index in [0.717, 1.165) is 38.9 Å². The second-order valence-electron chi connectivity index (χ2n) is 5.71. The van der Waals surface area contributed by atoms with Gasteiger partial charge in [0.15, 0.2) is 0 Å². The number of hydrogen-bond donors (Lipinski definition) is 2. The molecule has 1 amide bonds. The number of aliphatic hydroxyl groups is 1. The first-order chi connectivity index (χ1) is 8.81. The second kappa shape index (κ2) is 7.10. The average Bonchev–Trinajstić information content (AvgIpc) is 2.87. The summed E-state index contributed by atoms with van der Waals surface area (Å²) >= 11 is 0. The molecule has 18 heavy (non-hydrogen) atoms. The molecular weight excluding hydrogens is 228 g/mol. The lowest BCUT2D eigenvalue weighted by Gasteiger charge is -2.27. The molecule has 1 aliphatic heterocycles. The van der Waals surface area contributed by atoms with E-state index >= 15 is 0 Å². The Balaban J connectivity index is 1.63. The van der Waals surface area contributed by atoms with E-state index in [0.29, 0.717) is 25.0 Å². The van der Waals surface area contributed by atoms with Crippen molar-refractivity contribution < 1.29 is 9.90 Å². The zero-order valence-electron chi connectivity index (χ0n) is 11.2. The van der Waals surface area contributed by atoms with Crippen molar-refractivity contribution in [3.05, 3.63) is 0 Å². The maximum Gasteiger partial charge on any atom is 0.236 e. The van der Waals surface area contributed by atoms with Gasteiger partial charge in [0.25, 0.3) is 0 Å². The summed E-state index contributed by atoms with van der Waals surface area (Å²) in [4.78, 5) is 13.9. The summed E-state index contributed by atoms with van der Waals surface area (Å²) in [5, 5.41) is 12.5. The van der Waals surface area contributed by atoms with E-state index < -0.39 is 0 Å². The molecule has 0 aromatic heterocycles. The summed E-state index contributed by atoms with van der Waals surface area (Å²) in [6, 6.07) is 0. The maximum absolute atomic E-state index is 11.9. The lowest BCUT2D eigenvalue weighted by molar-refractivity contribution is -0.131. The van der Waals surface area contributed by atoms with Crippen LogP contribution < -0.4 is 5.32 Å². The van der Waals surface area contributed by atoms with Crippen molar-refractivity contribution in [3.63, 3.8) is 0 Å². The molecule has 2 N–H and O–H groups in total. The molecule has 4 heteroatoms. The molecule has 0 aromatic rings. The lowest BCUT2D eigenvalue weighted by Crippen LogP contribution is -2.42. The van der Waals surface area contributed by atoms with E-state index in [-0.39, 0.29) is 5.91 Å². The third-order valence-corrected chi connectivity index (χ3v) is 4.44.